The lowest BCUT2D eigenvalue weighted by Crippen LogP contribution is -2.24. The van der Waals surface area contributed by atoms with Gasteiger partial charge in [-0.3, -0.25) is 4.79 Å². The van der Waals surface area contributed by atoms with Crippen LogP contribution in [0, 0.1) is 12.8 Å². The van der Waals surface area contributed by atoms with E-state index in [-0.39, 0.29) is 11.7 Å². The van der Waals surface area contributed by atoms with Crippen LogP contribution in [0.3, 0.4) is 0 Å². The molecule has 0 unspecified atom stereocenters. The van der Waals surface area contributed by atoms with E-state index in [1.54, 1.807) is 11.6 Å². The van der Waals surface area contributed by atoms with Crippen molar-refractivity contribution in [3.05, 3.63) is 83.3 Å². The largest absolute Gasteiger partial charge is 0.497 e. The maximum absolute atomic E-state index is 12.8. The van der Waals surface area contributed by atoms with E-state index < -0.39 is 0 Å². The zero-order chi connectivity index (χ0) is 21.4. The number of methoxy groups -OCH3 is 1. The Kier molecular flexibility index (Phi) is 4.82. The fourth-order valence-electron chi connectivity index (χ4n) is 4.15. The number of nitrogens with zero attached hydrogens (tertiary/aromatic N) is 4. The number of benzene rings is 2. The van der Waals surface area contributed by atoms with Crippen LogP contribution in [0.15, 0.2) is 60.7 Å². The average Bonchev–Trinajstić information content (AvgIpc) is 3.15. The topological polar surface area (TPSA) is 69.4 Å². The van der Waals surface area contributed by atoms with Gasteiger partial charge in [0, 0.05) is 6.42 Å². The van der Waals surface area contributed by atoms with Gasteiger partial charge in [0.05, 0.1) is 24.1 Å². The average molecular weight is 410 g/mol. The summed E-state index contributed by atoms with van der Waals surface area (Å²) in [5.74, 6) is 0.902. The van der Waals surface area contributed by atoms with Gasteiger partial charge in [0.1, 0.15) is 5.75 Å². The number of carbonyl (C=O) groups is 1. The number of ether oxygens (including phenoxy) is 1. The van der Waals surface area contributed by atoms with Crippen LogP contribution in [0.5, 0.6) is 5.75 Å². The second-order valence-corrected chi connectivity index (χ2v) is 7.78. The molecule has 5 rings (SSSR count). The van der Waals surface area contributed by atoms with Crippen molar-refractivity contribution < 1.29 is 9.53 Å². The molecule has 0 saturated heterocycles. The Morgan fingerprint density at radius 3 is 2.55 bits per heavy atom. The van der Waals surface area contributed by atoms with Crippen LogP contribution < -0.4 is 4.74 Å². The predicted octanol–water partition coefficient (Wildman–Crippen LogP) is 4.57. The van der Waals surface area contributed by atoms with Gasteiger partial charge in [0.2, 0.25) is 0 Å². The summed E-state index contributed by atoms with van der Waals surface area (Å²) in [5.41, 5.74) is 5.81. The van der Waals surface area contributed by atoms with E-state index in [2.05, 4.69) is 34.5 Å². The van der Waals surface area contributed by atoms with E-state index in [0.717, 1.165) is 33.8 Å². The summed E-state index contributed by atoms with van der Waals surface area (Å²) in [6.07, 6.45) is 5.32. The van der Waals surface area contributed by atoms with Crippen LogP contribution in [-0.2, 0) is 6.42 Å². The maximum Gasteiger partial charge on any atom is 0.185 e. The highest BCUT2D eigenvalue weighted by molar-refractivity contribution is 5.97. The lowest BCUT2D eigenvalue weighted by atomic mass is 9.88. The van der Waals surface area contributed by atoms with Gasteiger partial charge in [-0.1, -0.05) is 54.6 Å². The molecule has 0 amide bonds. The number of rotatable bonds is 4. The van der Waals surface area contributed by atoms with Crippen LogP contribution in [0.25, 0.3) is 22.9 Å². The van der Waals surface area contributed by atoms with Gasteiger partial charge in [-0.2, -0.15) is 5.10 Å². The lowest BCUT2D eigenvalue weighted by molar-refractivity contribution is 0.0950. The SMILES string of the molecule is COc1ccc(-c2c(C)nn3c4c(nnc23)C(=O)C[C@@H](/C=C/c2ccccc2)C4)cc1. The number of hydrogen-bond donors (Lipinski definition) is 0. The molecule has 1 aliphatic rings. The maximum atomic E-state index is 12.8. The molecule has 4 aromatic rings. The smallest absolute Gasteiger partial charge is 0.185 e. The lowest BCUT2D eigenvalue weighted by Gasteiger charge is -2.20. The predicted molar refractivity (Wildman–Crippen MR) is 119 cm³/mol. The highest BCUT2D eigenvalue weighted by atomic mass is 16.5. The zero-order valence-electron chi connectivity index (χ0n) is 17.4. The van der Waals surface area contributed by atoms with Crippen molar-refractivity contribution in [2.75, 3.05) is 7.11 Å². The highest BCUT2D eigenvalue weighted by Gasteiger charge is 2.29. The number of aryl methyl sites for hydroxylation is 1. The van der Waals surface area contributed by atoms with Gasteiger partial charge in [-0.25, -0.2) is 4.52 Å². The quantitative estimate of drug-likeness (QED) is 0.493. The first-order valence-electron chi connectivity index (χ1n) is 10.3. The molecule has 0 radical (unpaired) electrons. The fourth-order valence-corrected chi connectivity index (χ4v) is 4.15. The van der Waals surface area contributed by atoms with E-state index in [1.807, 2.05) is 49.4 Å². The van der Waals surface area contributed by atoms with Crippen LogP contribution >= 0.6 is 0 Å². The second-order valence-electron chi connectivity index (χ2n) is 7.78. The zero-order valence-corrected chi connectivity index (χ0v) is 17.4. The Morgan fingerprint density at radius 2 is 1.81 bits per heavy atom. The molecule has 6 nitrogen and oxygen atoms in total. The van der Waals surface area contributed by atoms with Gasteiger partial charge in [-0.05, 0) is 42.5 Å². The summed E-state index contributed by atoms with van der Waals surface area (Å²) in [6.45, 7) is 1.96. The van der Waals surface area contributed by atoms with Gasteiger partial charge >= 0.3 is 0 Å². The van der Waals surface area contributed by atoms with Gasteiger partial charge in [-0.15, -0.1) is 10.2 Å². The Bertz CT molecular complexity index is 1290. The molecule has 31 heavy (non-hydrogen) atoms. The molecule has 1 atom stereocenters. The van der Waals surface area contributed by atoms with E-state index in [1.165, 1.54) is 0 Å². The number of hydrogen-bond acceptors (Lipinski definition) is 5. The second kappa shape index (κ2) is 7.80. The summed E-state index contributed by atoms with van der Waals surface area (Å²) in [7, 11) is 1.65. The molecule has 0 saturated carbocycles. The Balaban J connectivity index is 1.55. The molecule has 0 N–H and O–H groups in total. The summed E-state index contributed by atoms with van der Waals surface area (Å²) in [5, 5.41) is 13.4. The third-order valence-corrected chi connectivity index (χ3v) is 5.72. The number of Topliss-reactive ketones (excluding diaryl/α,β-unsaturated/α-hetero) is 1. The molecule has 2 aromatic heterocycles. The molecule has 0 spiro atoms. The fraction of sp³-hybridized carbons (Fsp3) is 0.200. The van der Waals surface area contributed by atoms with Gasteiger partial charge in [0.25, 0.3) is 0 Å². The van der Waals surface area contributed by atoms with Crippen molar-refractivity contribution in [3.63, 3.8) is 0 Å². The van der Waals surface area contributed by atoms with Crippen LogP contribution in [0.1, 0.15) is 33.9 Å². The van der Waals surface area contributed by atoms with Crippen molar-refractivity contribution in [1.82, 2.24) is 19.8 Å². The Labute approximate surface area is 180 Å². The number of carbonyl (C=O) groups excluding carboxylic acids is 1. The summed E-state index contributed by atoms with van der Waals surface area (Å²) in [4.78, 5) is 12.8. The van der Waals surface area contributed by atoms with Crippen molar-refractivity contribution in [2.24, 2.45) is 5.92 Å². The van der Waals surface area contributed by atoms with Crippen molar-refractivity contribution in [3.8, 4) is 16.9 Å². The minimum atomic E-state index is 0.0116. The van der Waals surface area contributed by atoms with E-state index >= 15 is 0 Å². The minimum Gasteiger partial charge on any atom is -0.497 e. The first kappa shape index (κ1) is 19.2. The molecule has 2 aromatic carbocycles. The van der Waals surface area contributed by atoms with Crippen molar-refractivity contribution >= 4 is 17.5 Å². The monoisotopic (exact) mass is 410 g/mol. The molecule has 0 bridgehead atoms. The summed E-state index contributed by atoms with van der Waals surface area (Å²) in [6, 6.07) is 17.9. The molecule has 0 aliphatic heterocycles. The van der Waals surface area contributed by atoms with Crippen LogP contribution in [-0.4, -0.2) is 32.7 Å². The molecular formula is C25H22N4O2. The number of ketones is 1. The highest BCUT2D eigenvalue weighted by Crippen LogP contribution is 2.32. The van der Waals surface area contributed by atoms with E-state index in [4.69, 9.17) is 9.84 Å². The van der Waals surface area contributed by atoms with Crippen molar-refractivity contribution in [1.29, 1.82) is 0 Å². The minimum absolute atomic E-state index is 0.0116. The van der Waals surface area contributed by atoms with E-state index in [9.17, 15) is 4.79 Å². The number of allylic oxidation sites excluding steroid dienone is 1. The van der Waals surface area contributed by atoms with Crippen molar-refractivity contribution in [2.45, 2.75) is 19.8 Å². The molecule has 2 heterocycles. The third kappa shape index (κ3) is 3.50. The summed E-state index contributed by atoms with van der Waals surface area (Å²) >= 11 is 0. The Morgan fingerprint density at radius 1 is 1.03 bits per heavy atom. The summed E-state index contributed by atoms with van der Waals surface area (Å²) < 4.78 is 7.07. The standard InChI is InChI=1S/C25H22N4O2/c1-16-23(19-10-12-20(31-2)13-11-19)25-27-26-24-21(29(25)28-16)14-18(15-22(24)30)9-8-17-6-4-3-5-7-17/h3-13,18H,14-15H2,1-2H3/b9-8+/t18-/m0/s1. The van der Waals surface area contributed by atoms with Gasteiger partial charge < -0.3 is 4.74 Å². The normalized spacial score (nSPS) is 16.1. The Hall–Kier alpha value is -3.80. The molecule has 1 aliphatic carbocycles. The molecular weight excluding hydrogens is 388 g/mol. The third-order valence-electron chi connectivity index (χ3n) is 5.72. The van der Waals surface area contributed by atoms with Crippen LogP contribution in [0.4, 0.5) is 0 Å². The number of fused-ring (bicyclic) bond motifs is 3. The first-order valence-corrected chi connectivity index (χ1v) is 10.3. The van der Waals surface area contributed by atoms with E-state index in [0.29, 0.717) is 24.2 Å². The first-order chi connectivity index (χ1) is 15.1. The van der Waals surface area contributed by atoms with Crippen LogP contribution in [0.2, 0.25) is 0 Å². The molecule has 0 fully saturated rings. The van der Waals surface area contributed by atoms with Gasteiger partial charge in [0.15, 0.2) is 17.1 Å². The molecule has 154 valence electrons. The number of aromatic nitrogens is 4. The molecule has 6 heteroatoms.